The van der Waals surface area contributed by atoms with Gasteiger partial charge in [0.15, 0.2) is 0 Å². The van der Waals surface area contributed by atoms with Crippen molar-refractivity contribution in [1.29, 1.82) is 0 Å². The number of benzene rings is 2. The van der Waals surface area contributed by atoms with Crippen molar-refractivity contribution >= 4 is 34.9 Å². The predicted molar refractivity (Wildman–Crippen MR) is 85.7 cm³/mol. The lowest BCUT2D eigenvalue weighted by molar-refractivity contribution is 1.15. The third kappa shape index (κ3) is 3.03. The minimum Gasteiger partial charge on any atom is -0.137 e. The maximum absolute atomic E-state index is 5.92. The van der Waals surface area contributed by atoms with Crippen molar-refractivity contribution < 1.29 is 0 Å². The van der Waals surface area contributed by atoms with Gasteiger partial charge in [-0.15, -0.1) is 5.10 Å². The monoisotopic (exact) mass is 318 g/mol. The van der Waals surface area contributed by atoms with Gasteiger partial charge in [0.2, 0.25) is 0 Å². The molecule has 1 aromatic heterocycles. The van der Waals surface area contributed by atoms with Crippen LogP contribution in [-0.4, -0.2) is 9.59 Å². The third-order valence-corrected chi connectivity index (χ3v) is 4.94. The summed E-state index contributed by atoms with van der Waals surface area (Å²) in [6, 6.07) is 16.1. The van der Waals surface area contributed by atoms with Crippen molar-refractivity contribution in [1.82, 2.24) is 9.59 Å². The number of hydrogen-bond donors (Lipinski definition) is 0. The molecule has 100 valence electrons. The molecule has 1 heterocycles. The van der Waals surface area contributed by atoms with Gasteiger partial charge in [0.1, 0.15) is 9.90 Å². The van der Waals surface area contributed by atoms with E-state index in [4.69, 9.17) is 11.6 Å². The summed E-state index contributed by atoms with van der Waals surface area (Å²) in [5, 5.41) is 4.96. The molecular weight excluding hydrogens is 308 g/mol. The molecule has 0 aliphatic heterocycles. The first-order chi connectivity index (χ1) is 9.72. The van der Waals surface area contributed by atoms with Crippen LogP contribution in [0.4, 0.5) is 0 Å². The number of hydrogen-bond acceptors (Lipinski definition) is 4. The van der Waals surface area contributed by atoms with Gasteiger partial charge in [-0.05, 0) is 42.7 Å². The Bertz CT molecular complexity index is 705. The zero-order valence-corrected chi connectivity index (χ0v) is 13.1. The molecule has 0 aliphatic carbocycles. The van der Waals surface area contributed by atoms with E-state index in [9.17, 15) is 0 Å². The molecule has 3 aromatic rings. The number of rotatable bonds is 3. The molecule has 0 unspecified atom stereocenters. The third-order valence-electron chi connectivity index (χ3n) is 2.81. The van der Waals surface area contributed by atoms with Crippen molar-refractivity contribution in [3.8, 4) is 11.3 Å². The van der Waals surface area contributed by atoms with Crippen LogP contribution < -0.4 is 0 Å². The second-order valence-corrected chi connectivity index (χ2v) is 6.86. The average Bonchev–Trinajstić information content (AvgIpc) is 2.90. The molecule has 0 amide bonds. The van der Waals surface area contributed by atoms with Crippen LogP contribution in [0, 0.1) is 6.92 Å². The molecule has 3 rings (SSSR count). The van der Waals surface area contributed by atoms with E-state index >= 15 is 0 Å². The van der Waals surface area contributed by atoms with E-state index in [1.807, 2.05) is 24.3 Å². The SMILES string of the molecule is Cc1ccc(Sc2snnc2-c2ccc(Cl)cc2)cc1. The first-order valence-electron chi connectivity index (χ1n) is 6.05. The predicted octanol–water partition coefficient (Wildman–Crippen LogP) is 5.32. The van der Waals surface area contributed by atoms with E-state index < -0.39 is 0 Å². The smallest absolute Gasteiger partial charge is 0.119 e. The Morgan fingerprint density at radius 2 is 1.70 bits per heavy atom. The molecule has 2 nitrogen and oxygen atoms in total. The lowest BCUT2D eigenvalue weighted by Gasteiger charge is -2.02. The molecule has 0 N–H and O–H groups in total. The van der Waals surface area contributed by atoms with Crippen LogP contribution in [-0.2, 0) is 0 Å². The zero-order valence-electron chi connectivity index (χ0n) is 10.7. The van der Waals surface area contributed by atoms with Gasteiger partial charge in [0.25, 0.3) is 0 Å². The summed E-state index contributed by atoms with van der Waals surface area (Å²) in [6.45, 7) is 2.09. The van der Waals surface area contributed by atoms with Crippen LogP contribution in [0.5, 0.6) is 0 Å². The Balaban J connectivity index is 1.90. The van der Waals surface area contributed by atoms with E-state index in [2.05, 4.69) is 40.8 Å². The van der Waals surface area contributed by atoms with Crippen LogP contribution in [0.25, 0.3) is 11.3 Å². The largest absolute Gasteiger partial charge is 0.137 e. The lowest BCUT2D eigenvalue weighted by atomic mass is 10.2. The van der Waals surface area contributed by atoms with E-state index in [0.717, 1.165) is 20.5 Å². The summed E-state index contributed by atoms with van der Waals surface area (Å²) < 4.78 is 5.17. The molecule has 0 saturated carbocycles. The fourth-order valence-corrected chi connectivity index (χ4v) is 3.59. The van der Waals surface area contributed by atoms with Gasteiger partial charge >= 0.3 is 0 Å². The molecule has 2 aromatic carbocycles. The number of aromatic nitrogens is 2. The maximum atomic E-state index is 5.92. The average molecular weight is 319 g/mol. The standard InChI is InChI=1S/C15H11ClN2S2/c1-10-2-8-13(9-3-10)19-15-14(17-18-20-15)11-4-6-12(16)7-5-11/h2-9H,1H3. The fraction of sp³-hybridized carbons (Fsp3) is 0.0667. The second-order valence-electron chi connectivity index (χ2n) is 4.33. The van der Waals surface area contributed by atoms with Crippen molar-refractivity contribution in [2.24, 2.45) is 0 Å². The van der Waals surface area contributed by atoms with E-state index in [-0.39, 0.29) is 0 Å². The van der Waals surface area contributed by atoms with Crippen LogP contribution in [0.2, 0.25) is 5.02 Å². The Hall–Kier alpha value is -1.36. The first-order valence-corrected chi connectivity index (χ1v) is 8.02. The molecular formula is C15H11ClN2S2. The van der Waals surface area contributed by atoms with Gasteiger partial charge in [-0.25, -0.2) is 0 Å². The zero-order chi connectivity index (χ0) is 13.9. The highest BCUT2D eigenvalue weighted by atomic mass is 35.5. The number of aryl methyl sites for hydroxylation is 1. The maximum Gasteiger partial charge on any atom is 0.119 e. The quantitative estimate of drug-likeness (QED) is 0.653. The fourth-order valence-electron chi connectivity index (χ4n) is 1.75. The normalized spacial score (nSPS) is 10.7. The van der Waals surface area contributed by atoms with Gasteiger partial charge in [-0.1, -0.05) is 57.7 Å². The van der Waals surface area contributed by atoms with Gasteiger partial charge < -0.3 is 0 Å². The number of nitrogens with zero attached hydrogens (tertiary/aromatic N) is 2. The van der Waals surface area contributed by atoms with Crippen LogP contribution in [0.3, 0.4) is 0 Å². The molecule has 0 radical (unpaired) electrons. The summed E-state index contributed by atoms with van der Waals surface area (Å²) in [5.74, 6) is 0. The molecule has 20 heavy (non-hydrogen) atoms. The molecule has 0 atom stereocenters. The molecule has 0 spiro atoms. The molecule has 0 bridgehead atoms. The van der Waals surface area contributed by atoms with E-state index in [0.29, 0.717) is 0 Å². The van der Waals surface area contributed by atoms with Gasteiger partial charge in [0.05, 0.1) is 0 Å². The van der Waals surface area contributed by atoms with E-state index in [1.165, 1.54) is 22.0 Å². The summed E-state index contributed by atoms with van der Waals surface area (Å²) in [6.07, 6.45) is 0. The van der Waals surface area contributed by atoms with Crippen molar-refractivity contribution in [3.05, 3.63) is 59.1 Å². The van der Waals surface area contributed by atoms with Gasteiger partial charge in [0, 0.05) is 15.5 Å². The topological polar surface area (TPSA) is 25.8 Å². The molecule has 0 saturated heterocycles. The molecule has 0 aliphatic rings. The first kappa shape index (κ1) is 13.6. The van der Waals surface area contributed by atoms with Gasteiger partial charge in [-0.2, -0.15) is 0 Å². The van der Waals surface area contributed by atoms with Crippen LogP contribution in [0.1, 0.15) is 5.56 Å². The van der Waals surface area contributed by atoms with Crippen molar-refractivity contribution in [3.63, 3.8) is 0 Å². The highest BCUT2D eigenvalue weighted by molar-refractivity contribution is 8.01. The van der Waals surface area contributed by atoms with E-state index in [1.54, 1.807) is 11.8 Å². The minimum atomic E-state index is 0.727. The Kier molecular flexibility index (Phi) is 4.05. The summed E-state index contributed by atoms with van der Waals surface area (Å²) in [5.41, 5.74) is 3.21. The Morgan fingerprint density at radius 3 is 2.40 bits per heavy atom. The summed E-state index contributed by atoms with van der Waals surface area (Å²) >= 11 is 9.02. The highest BCUT2D eigenvalue weighted by Crippen LogP contribution is 2.37. The van der Waals surface area contributed by atoms with Crippen LogP contribution in [0.15, 0.2) is 57.6 Å². The number of halogens is 1. The lowest BCUT2D eigenvalue weighted by Crippen LogP contribution is -1.80. The summed E-state index contributed by atoms with van der Waals surface area (Å²) in [7, 11) is 0. The van der Waals surface area contributed by atoms with Gasteiger partial charge in [-0.3, -0.25) is 0 Å². The Morgan fingerprint density at radius 1 is 1.00 bits per heavy atom. The summed E-state index contributed by atoms with van der Waals surface area (Å²) in [4.78, 5) is 1.19. The van der Waals surface area contributed by atoms with Crippen molar-refractivity contribution in [2.45, 2.75) is 16.0 Å². The second kappa shape index (κ2) is 5.95. The molecule has 5 heteroatoms. The molecule has 0 fully saturated rings. The Labute approximate surface area is 131 Å². The van der Waals surface area contributed by atoms with Crippen molar-refractivity contribution in [2.75, 3.05) is 0 Å². The van der Waals surface area contributed by atoms with Crippen LogP contribution >= 0.6 is 34.9 Å². The minimum absolute atomic E-state index is 0.727. The highest BCUT2D eigenvalue weighted by Gasteiger charge is 2.11.